The minimum absolute atomic E-state index is 0.0350. The molecule has 542 valence electrons. The Morgan fingerprint density at radius 1 is 0.570 bits per heavy atom. The Hall–Kier alpha value is -10.2. The number of guanidine groups is 1. The lowest BCUT2D eigenvalue weighted by molar-refractivity contribution is -0.138. The van der Waals surface area contributed by atoms with Crippen molar-refractivity contribution in [3.05, 3.63) is 131 Å². The van der Waals surface area contributed by atoms with Gasteiger partial charge < -0.3 is 94.3 Å². The second kappa shape index (κ2) is 38.8. The van der Waals surface area contributed by atoms with Gasteiger partial charge >= 0.3 is 12.2 Å². The predicted octanol–water partition coefficient (Wildman–Crippen LogP) is 0.727. The van der Waals surface area contributed by atoms with Crippen molar-refractivity contribution in [3.8, 4) is 11.1 Å². The Balaban J connectivity index is 1.43. The summed E-state index contributed by atoms with van der Waals surface area (Å²) in [6.45, 7) is 8.65. The summed E-state index contributed by atoms with van der Waals surface area (Å²) in [6, 6.07) is 16.2. The molecule has 100 heavy (non-hydrogen) atoms. The van der Waals surface area contributed by atoms with Gasteiger partial charge in [-0.05, 0) is 90.2 Å². The number of hydrogen-bond donors (Lipinski definition) is 17. The molecule has 11 amide bonds. The lowest BCUT2D eigenvalue weighted by Crippen LogP contribution is -2.64. The van der Waals surface area contributed by atoms with Gasteiger partial charge in [0.15, 0.2) is 5.96 Å². The fourth-order valence-electron chi connectivity index (χ4n) is 11.4. The second-order valence-electron chi connectivity index (χ2n) is 25.6. The van der Waals surface area contributed by atoms with Crippen LogP contribution >= 0.6 is 0 Å². The van der Waals surface area contributed by atoms with Crippen molar-refractivity contribution in [2.75, 3.05) is 32.8 Å². The molecule has 18 N–H and O–H groups in total. The van der Waals surface area contributed by atoms with Crippen LogP contribution in [0.15, 0.2) is 109 Å². The van der Waals surface area contributed by atoms with Gasteiger partial charge in [0.05, 0.1) is 31.4 Å². The van der Waals surface area contributed by atoms with Crippen LogP contribution in [0.5, 0.6) is 0 Å². The third-order valence-corrected chi connectivity index (χ3v) is 17.2. The number of carbonyl (C=O) groups is 11. The number of aliphatic hydroxyl groups is 3. The van der Waals surface area contributed by atoms with E-state index in [0.29, 0.717) is 5.56 Å². The number of aliphatic hydroxyl groups excluding tert-OH is 3. The lowest BCUT2D eigenvalue weighted by atomic mass is 9.94. The predicted molar refractivity (Wildman–Crippen MR) is 367 cm³/mol. The van der Waals surface area contributed by atoms with Crippen LogP contribution < -0.4 is 69.5 Å². The van der Waals surface area contributed by atoms with Crippen LogP contribution in [0.4, 0.5) is 9.59 Å². The maximum atomic E-state index is 15.5. The van der Waals surface area contributed by atoms with Crippen LogP contribution in [0.2, 0.25) is 0 Å². The van der Waals surface area contributed by atoms with Gasteiger partial charge in [-0.3, -0.25) is 48.6 Å². The largest absolute Gasteiger partial charge is 0.449 e. The molecule has 6 rings (SSSR count). The van der Waals surface area contributed by atoms with Gasteiger partial charge in [0.1, 0.15) is 61.5 Å². The first-order chi connectivity index (χ1) is 47.7. The Labute approximate surface area is 580 Å². The summed E-state index contributed by atoms with van der Waals surface area (Å²) in [6.07, 6.45) is -5.58. The number of alkyl carbamates (subject to hydrolysis) is 2. The SMILES string of the molecule is CCC(C)[C@@H]1NC(=O)[C@@H](CCCNC(=N)N)NC(=O)[C@H](CC(C)C)NC(=O)[C@H]([C@H](O)C(C)C)NC(=O)[C@@H](NC(=O)OCC2c3ccccc3-c3ccccc32)[C@@H](c2ccccc2)NC(=O)C(CO)NC(=O)[C@H](CCCNC(=O)OCc2ccccc2)NC(=O)CNC(=O)[C@H]([C@H](C)O)NC1=O. The molecule has 2 unspecified atom stereocenters. The molecule has 0 radical (unpaired) electrons. The summed E-state index contributed by atoms with van der Waals surface area (Å²) in [4.78, 5) is 159. The zero-order valence-electron chi connectivity index (χ0n) is 57.3. The smallest absolute Gasteiger partial charge is 0.407 e. The van der Waals surface area contributed by atoms with E-state index >= 15 is 9.59 Å². The summed E-state index contributed by atoms with van der Waals surface area (Å²) < 4.78 is 11.2. The minimum Gasteiger partial charge on any atom is -0.449 e. The van der Waals surface area contributed by atoms with E-state index in [2.05, 4.69) is 63.8 Å². The first kappa shape index (κ1) is 78.8. The number of benzene rings is 4. The number of rotatable bonds is 22. The number of nitrogens with two attached hydrogens (primary N) is 1. The summed E-state index contributed by atoms with van der Waals surface area (Å²) in [5.74, 6) is -12.2. The maximum Gasteiger partial charge on any atom is 0.407 e. The van der Waals surface area contributed by atoms with Crippen molar-refractivity contribution in [2.24, 2.45) is 23.5 Å². The maximum absolute atomic E-state index is 15.5. The Bertz CT molecular complexity index is 3430. The van der Waals surface area contributed by atoms with Crippen molar-refractivity contribution in [1.82, 2.24) is 63.8 Å². The van der Waals surface area contributed by atoms with Crippen molar-refractivity contribution < 1.29 is 77.5 Å². The molecule has 2 aliphatic rings. The van der Waals surface area contributed by atoms with E-state index in [1.807, 2.05) is 48.5 Å². The highest BCUT2D eigenvalue weighted by Crippen LogP contribution is 2.44. The van der Waals surface area contributed by atoms with E-state index in [4.69, 9.17) is 20.6 Å². The minimum atomic E-state index is -2.01. The molecule has 1 fully saturated rings. The first-order valence-electron chi connectivity index (χ1n) is 33.6. The van der Waals surface area contributed by atoms with Crippen LogP contribution in [-0.4, -0.2) is 180 Å². The fraction of sp³-hybridized carbons (Fsp3) is 0.486. The van der Waals surface area contributed by atoms with Gasteiger partial charge in [0.25, 0.3) is 0 Å². The first-order valence-corrected chi connectivity index (χ1v) is 33.6. The molecular formula is C70H96N14O16. The monoisotopic (exact) mass is 1390 g/mol. The molecular weight excluding hydrogens is 1290 g/mol. The number of nitrogens with one attached hydrogen (secondary N) is 13. The van der Waals surface area contributed by atoms with Crippen LogP contribution in [0, 0.1) is 23.2 Å². The molecule has 4 aromatic carbocycles. The van der Waals surface area contributed by atoms with E-state index in [0.717, 1.165) is 22.3 Å². The van der Waals surface area contributed by atoms with Gasteiger partial charge in [-0.1, -0.05) is 157 Å². The quantitative estimate of drug-likeness (QED) is 0.0293. The fourth-order valence-corrected chi connectivity index (χ4v) is 11.4. The topological polar surface area (TPSA) is 461 Å². The van der Waals surface area contributed by atoms with Crippen LogP contribution in [0.1, 0.15) is 121 Å². The molecule has 0 spiro atoms. The highest BCUT2D eigenvalue weighted by atomic mass is 16.6. The number of amides is 11. The van der Waals surface area contributed by atoms with E-state index in [-0.39, 0.29) is 82.3 Å². The average molecular weight is 1390 g/mol. The number of fused-ring (bicyclic) bond motifs is 3. The molecule has 30 heteroatoms. The Morgan fingerprint density at radius 3 is 1.66 bits per heavy atom. The molecule has 0 saturated carbocycles. The molecule has 1 aliphatic carbocycles. The van der Waals surface area contributed by atoms with E-state index in [1.54, 1.807) is 76.2 Å². The summed E-state index contributed by atoms with van der Waals surface area (Å²) in [5.41, 5.74) is 9.88. The molecule has 0 aromatic heterocycles. The van der Waals surface area contributed by atoms with Crippen LogP contribution in [-0.2, 0) is 59.2 Å². The Morgan fingerprint density at radius 2 is 1.08 bits per heavy atom. The average Bonchev–Trinajstić information content (AvgIpc) is 1.60. The van der Waals surface area contributed by atoms with E-state index in [9.17, 15) is 58.5 Å². The van der Waals surface area contributed by atoms with Crippen LogP contribution in [0.3, 0.4) is 0 Å². The van der Waals surface area contributed by atoms with Crippen molar-refractivity contribution >= 4 is 71.3 Å². The molecule has 4 aromatic rings. The zero-order chi connectivity index (χ0) is 73.2. The molecule has 12 atom stereocenters. The van der Waals surface area contributed by atoms with Crippen molar-refractivity contribution in [3.63, 3.8) is 0 Å². The molecule has 1 heterocycles. The van der Waals surface area contributed by atoms with Gasteiger partial charge in [0.2, 0.25) is 53.2 Å². The van der Waals surface area contributed by atoms with Gasteiger partial charge in [-0.15, -0.1) is 0 Å². The number of ether oxygens (including phenoxy) is 2. The molecule has 1 saturated heterocycles. The molecule has 30 nitrogen and oxygen atoms in total. The Kier molecular flexibility index (Phi) is 30.6. The summed E-state index contributed by atoms with van der Waals surface area (Å²) in [5, 5.41) is 72.2. The van der Waals surface area contributed by atoms with Gasteiger partial charge in [-0.2, -0.15) is 0 Å². The summed E-state index contributed by atoms with van der Waals surface area (Å²) in [7, 11) is 0. The van der Waals surface area contributed by atoms with E-state index < -0.39 is 163 Å². The van der Waals surface area contributed by atoms with Crippen molar-refractivity contribution in [2.45, 2.75) is 166 Å². The summed E-state index contributed by atoms with van der Waals surface area (Å²) >= 11 is 0. The van der Waals surface area contributed by atoms with Gasteiger partial charge in [-0.25, -0.2) is 9.59 Å². The lowest BCUT2D eigenvalue weighted by Gasteiger charge is -2.33. The normalized spacial score (nSPS) is 22.7. The third-order valence-electron chi connectivity index (χ3n) is 17.2. The molecule has 0 bridgehead atoms. The van der Waals surface area contributed by atoms with Crippen molar-refractivity contribution in [1.29, 1.82) is 5.41 Å². The second-order valence-corrected chi connectivity index (χ2v) is 25.6. The molecule has 1 aliphatic heterocycles. The highest BCUT2D eigenvalue weighted by molar-refractivity contribution is 5.99. The standard InChI is InChI=1S/C70H96N14O16/c1-8-40(6)54-65(94)81-55(41(7)86)64(93)75-34-53(87)76-49(29-20-32-74-69(97)99-36-42-21-11-9-12-22-42)60(89)79-52(35-85)63(92)82-56(43-23-13-10-14-24-43)57(84-70(98)100-37-48-46-27-17-15-25-44(46)45-26-16-18-28-47(45)48)66(95)83-58(59(88)39(4)5)67(96)78-51(33-38(2)3)62(91)77-50(61(90)80-54)30-19-31-73-68(71)72/h9-18,21-28,38-41,48-52,54-59,85-86,88H,8,19-20,29-37H2,1-7H3,(H,74,97)(H,75,93)(H,76,87)(H,77,91)(H,78,96)(H,79,89)(H,80,90)(H,81,94)(H,82,92)(H,83,95)(H,84,98)(H4,71,72,73)/t40?,41-,49-,50+,51-,52?,54-,55-,56+,57-,58-,59+/m0/s1. The number of hydrogen-bond acceptors (Lipinski definition) is 17. The van der Waals surface area contributed by atoms with Gasteiger partial charge in [0, 0.05) is 19.0 Å². The van der Waals surface area contributed by atoms with E-state index in [1.165, 1.54) is 32.9 Å². The zero-order valence-corrected chi connectivity index (χ0v) is 57.3. The number of carbonyl (C=O) groups excluding carboxylic acids is 11. The third kappa shape index (κ3) is 23.2. The highest BCUT2D eigenvalue weighted by Gasteiger charge is 2.42. The van der Waals surface area contributed by atoms with Crippen LogP contribution in [0.25, 0.3) is 11.1 Å².